The second-order valence-corrected chi connectivity index (χ2v) is 7.38. The summed E-state index contributed by atoms with van der Waals surface area (Å²) in [5.74, 6) is 2.81. The number of fused-ring (bicyclic) bond motifs is 1. The summed E-state index contributed by atoms with van der Waals surface area (Å²) in [5, 5.41) is 3.51. The van der Waals surface area contributed by atoms with E-state index in [1.807, 2.05) is 6.92 Å². The fourth-order valence-corrected chi connectivity index (χ4v) is 3.98. The van der Waals surface area contributed by atoms with Crippen molar-refractivity contribution in [2.75, 3.05) is 23.3 Å². The van der Waals surface area contributed by atoms with Gasteiger partial charge in [-0.1, -0.05) is 35.9 Å². The summed E-state index contributed by atoms with van der Waals surface area (Å²) in [5.41, 5.74) is 4.48. The van der Waals surface area contributed by atoms with E-state index in [1.54, 1.807) is 5.57 Å². The van der Waals surface area contributed by atoms with Crippen molar-refractivity contribution in [3.05, 3.63) is 58.9 Å². The van der Waals surface area contributed by atoms with Crippen molar-refractivity contribution in [1.29, 1.82) is 0 Å². The number of aromatic nitrogens is 2. The van der Waals surface area contributed by atoms with Crippen LogP contribution in [0, 0.1) is 6.92 Å². The molecule has 2 heterocycles. The van der Waals surface area contributed by atoms with E-state index in [1.165, 1.54) is 36.8 Å². The molecule has 1 aromatic carbocycles. The maximum Gasteiger partial charge on any atom is 0.134 e. The molecule has 0 spiro atoms. The minimum Gasteiger partial charge on any atom is -0.370 e. The lowest BCUT2D eigenvalue weighted by atomic mass is 9.97. The second kappa shape index (κ2) is 7.90. The number of allylic oxidation sites excluding steroid dienone is 1. The van der Waals surface area contributed by atoms with Crippen molar-refractivity contribution >= 4 is 11.6 Å². The highest BCUT2D eigenvalue weighted by Crippen LogP contribution is 2.25. The summed E-state index contributed by atoms with van der Waals surface area (Å²) >= 11 is 0. The highest BCUT2D eigenvalue weighted by atomic mass is 15.2. The summed E-state index contributed by atoms with van der Waals surface area (Å²) in [7, 11) is 0. The molecule has 0 saturated heterocycles. The Labute approximate surface area is 156 Å². The Balaban J connectivity index is 1.42. The standard InChI is InChI=1S/C22H28N4/c1-17-24-21(23-13-11-18-7-3-2-4-8-18)15-22(25-17)26-14-12-19-9-5-6-10-20(19)16-26/h5-7,9-10,15H,2-4,8,11-14,16H2,1H3,(H,23,24,25). The van der Waals surface area contributed by atoms with Crippen molar-refractivity contribution in [3.63, 3.8) is 0 Å². The number of nitrogens with zero attached hydrogens (tertiary/aromatic N) is 3. The quantitative estimate of drug-likeness (QED) is 0.799. The van der Waals surface area contributed by atoms with Gasteiger partial charge in [0.1, 0.15) is 17.5 Å². The van der Waals surface area contributed by atoms with E-state index >= 15 is 0 Å². The molecule has 1 aliphatic heterocycles. The van der Waals surface area contributed by atoms with Gasteiger partial charge in [-0.3, -0.25) is 0 Å². The van der Waals surface area contributed by atoms with Crippen LogP contribution in [-0.4, -0.2) is 23.1 Å². The molecule has 0 amide bonds. The van der Waals surface area contributed by atoms with Crippen LogP contribution in [0.5, 0.6) is 0 Å². The average Bonchev–Trinajstić information content (AvgIpc) is 2.68. The Morgan fingerprint density at radius 1 is 1.08 bits per heavy atom. The number of aryl methyl sites for hydroxylation is 1. The first-order chi connectivity index (χ1) is 12.8. The van der Waals surface area contributed by atoms with Gasteiger partial charge in [0.15, 0.2) is 0 Å². The van der Waals surface area contributed by atoms with E-state index in [0.29, 0.717) is 0 Å². The van der Waals surface area contributed by atoms with E-state index in [0.717, 1.165) is 49.9 Å². The predicted octanol–water partition coefficient (Wildman–Crippen LogP) is 4.65. The van der Waals surface area contributed by atoms with Crippen LogP contribution >= 0.6 is 0 Å². The van der Waals surface area contributed by atoms with Gasteiger partial charge >= 0.3 is 0 Å². The first kappa shape index (κ1) is 17.1. The number of hydrogen-bond donors (Lipinski definition) is 1. The SMILES string of the molecule is Cc1nc(NCCC2=CCCCC2)cc(N2CCc3ccccc3C2)n1. The molecule has 0 unspecified atom stereocenters. The summed E-state index contributed by atoms with van der Waals surface area (Å²) in [6, 6.07) is 10.8. The zero-order valence-electron chi connectivity index (χ0n) is 15.7. The minimum atomic E-state index is 0.834. The van der Waals surface area contributed by atoms with Gasteiger partial charge in [-0.2, -0.15) is 0 Å². The number of hydrogen-bond acceptors (Lipinski definition) is 4. The number of nitrogens with one attached hydrogen (secondary N) is 1. The molecule has 0 atom stereocenters. The zero-order chi connectivity index (χ0) is 17.8. The number of benzene rings is 1. The third kappa shape index (κ3) is 4.06. The van der Waals surface area contributed by atoms with Gasteiger partial charge in [-0.05, 0) is 56.6 Å². The largest absolute Gasteiger partial charge is 0.370 e. The molecule has 0 radical (unpaired) electrons. The average molecular weight is 348 g/mol. The van der Waals surface area contributed by atoms with Crippen LogP contribution in [-0.2, 0) is 13.0 Å². The molecule has 0 bridgehead atoms. The molecule has 1 aromatic heterocycles. The molecule has 136 valence electrons. The second-order valence-electron chi connectivity index (χ2n) is 7.38. The maximum atomic E-state index is 4.69. The van der Waals surface area contributed by atoms with Crippen LogP contribution in [0.15, 0.2) is 42.0 Å². The fourth-order valence-electron chi connectivity index (χ4n) is 3.98. The highest BCUT2D eigenvalue weighted by Gasteiger charge is 2.18. The summed E-state index contributed by atoms with van der Waals surface area (Å²) in [6.07, 6.45) is 9.84. The molecule has 4 heteroatoms. The molecule has 4 rings (SSSR count). The third-order valence-electron chi connectivity index (χ3n) is 5.42. The van der Waals surface area contributed by atoms with E-state index in [9.17, 15) is 0 Å². The fraction of sp³-hybridized carbons (Fsp3) is 0.455. The van der Waals surface area contributed by atoms with Gasteiger partial charge in [0.25, 0.3) is 0 Å². The van der Waals surface area contributed by atoms with E-state index in [-0.39, 0.29) is 0 Å². The van der Waals surface area contributed by atoms with E-state index in [2.05, 4.69) is 51.6 Å². The molecular weight excluding hydrogens is 320 g/mol. The molecule has 26 heavy (non-hydrogen) atoms. The van der Waals surface area contributed by atoms with Crippen LogP contribution in [0.4, 0.5) is 11.6 Å². The highest BCUT2D eigenvalue weighted by molar-refractivity contribution is 5.51. The van der Waals surface area contributed by atoms with Crippen LogP contribution in [0.3, 0.4) is 0 Å². The summed E-state index contributed by atoms with van der Waals surface area (Å²) in [4.78, 5) is 11.6. The summed E-state index contributed by atoms with van der Waals surface area (Å²) in [6.45, 7) is 4.87. The van der Waals surface area contributed by atoms with E-state index in [4.69, 9.17) is 4.98 Å². The normalized spacial score (nSPS) is 16.8. The summed E-state index contributed by atoms with van der Waals surface area (Å²) < 4.78 is 0. The number of anilines is 2. The molecule has 2 aromatic rings. The Kier molecular flexibility index (Phi) is 5.19. The molecule has 1 aliphatic carbocycles. The monoisotopic (exact) mass is 348 g/mol. The molecule has 0 saturated carbocycles. The number of rotatable bonds is 5. The Morgan fingerprint density at radius 3 is 2.81 bits per heavy atom. The molecule has 4 nitrogen and oxygen atoms in total. The van der Waals surface area contributed by atoms with Crippen LogP contribution < -0.4 is 10.2 Å². The van der Waals surface area contributed by atoms with Gasteiger partial charge in [0, 0.05) is 25.7 Å². The van der Waals surface area contributed by atoms with Gasteiger partial charge in [0.2, 0.25) is 0 Å². The lowest BCUT2D eigenvalue weighted by Gasteiger charge is -2.30. The smallest absolute Gasteiger partial charge is 0.134 e. The van der Waals surface area contributed by atoms with Crippen molar-refractivity contribution in [2.45, 2.75) is 52.0 Å². The lowest BCUT2D eigenvalue weighted by molar-refractivity contribution is 0.679. The topological polar surface area (TPSA) is 41.1 Å². The minimum absolute atomic E-state index is 0.834. The molecule has 2 aliphatic rings. The Bertz CT molecular complexity index is 796. The van der Waals surface area contributed by atoms with E-state index < -0.39 is 0 Å². The first-order valence-corrected chi connectivity index (χ1v) is 9.87. The van der Waals surface area contributed by atoms with Gasteiger partial charge in [-0.25, -0.2) is 9.97 Å². The first-order valence-electron chi connectivity index (χ1n) is 9.87. The Hall–Kier alpha value is -2.36. The Morgan fingerprint density at radius 2 is 1.96 bits per heavy atom. The predicted molar refractivity (Wildman–Crippen MR) is 108 cm³/mol. The zero-order valence-corrected chi connectivity index (χ0v) is 15.7. The van der Waals surface area contributed by atoms with Crippen LogP contribution in [0.25, 0.3) is 0 Å². The van der Waals surface area contributed by atoms with Crippen molar-refractivity contribution < 1.29 is 0 Å². The van der Waals surface area contributed by atoms with Gasteiger partial charge in [-0.15, -0.1) is 0 Å². The van der Waals surface area contributed by atoms with Crippen molar-refractivity contribution in [3.8, 4) is 0 Å². The molecule has 0 fully saturated rings. The van der Waals surface area contributed by atoms with Crippen molar-refractivity contribution in [1.82, 2.24) is 9.97 Å². The van der Waals surface area contributed by atoms with Crippen LogP contribution in [0.2, 0.25) is 0 Å². The van der Waals surface area contributed by atoms with Crippen LogP contribution in [0.1, 0.15) is 49.1 Å². The van der Waals surface area contributed by atoms with Crippen molar-refractivity contribution in [2.24, 2.45) is 0 Å². The van der Waals surface area contributed by atoms with Gasteiger partial charge in [0.05, 0.1) is 0 Å². The third-order valence-corrected chi connectivity index (χ3v) is 5.42. The molecular formula is C22H28N4. The molecule has 1 N–H and O–H groups in total. The lowest BCUT2D eigenvalue weighted by Crippen LogP contribution is -2.31. The maximum absolute atomic E-state index is 4.69. The van der Waals surface area contributed by atoms with Gasteiger partial charge < -0.3 is 10.2 Å².